The predicted molar refractivity (Wildman–Crippen MR) is 113 cm³/mol. The van der Waals surface area contributed by atoms with Crippen LogP contribution in [0.25, 0.3) is 11.0 Å². The van der Waals surface area contributed by atoms with Crippen LogP contribution < -0.4 is 5.32 Å². The van der Waals surface area contributed by atoms with E-state index in [4.69, 9.17) is 4.98 Å². The zero-order chi connectivity index (χ0) is 20.4. The first-order valence-electron chi connectivity index (χ1n) is 10.5. The molecule has 1 atom stereocenters. The number of nitrogens with one attached hydrogen (secondary N) is 1. The van der Waals surface area contributed by atoms with Crippen molar-refractivity contribution >= 4 is 22.9 Å². The summed E-state index contributed by atoms with van der Waals surface area (Å²) in [6, 6.07) is 8.05. The third kappa shape index (κ3) is 3.89. The number of carbonyl (C=O) groups excluding carboxylic acids is 1. The van der Waals surface area contributed by atoms with Crippen molar-refractivity contribution in [2.24, 2.45) is 5.92 Å². The molecular weight excluding hydrogens is 366 g/mol. The van der Waals surface area contributed by atoms with Gasteiger partial charge < -0.3 is 14.0 Å². The Morgan fingerprint density at radius 3 is 2.83 bits per heavy atom. The molecular formula is C21H29N7O. The molecule has 29 heavy (non-hydrogen) atoms. The third-order valence-corrected chi connectivity index (χ3v) is 5.93. The second kappa shape index (κ2) is 8.32. The lowest BCUT2D eigenvalue weighted by atomic mass is 9.98. The fourth-order valence-corrected chi connectivity index (χ4v) is 4.07. The van der Waals surface area contributed by atoms with Gasteiger partial charge in [0.1, 0.15) is 11.6 Å². The number of hydrogen-bond donors (Lipinski definition) is 1. The molecule has 3 aromatic rings. The number of rotatable bonds is 7. The summed E-state index contributed by atoms with van der Waals surface area (Å²) in [5.41, 5.74) is 1.96. The number of likely N-dealkylation sites (N-methyl/N-ethyl adjacent to an activating group) is 1. The molecule has 0 saturated carbocycles. The highest BCUT2D eigenvalue weighted by Gasteiger charge is 2.28. The van der Waals surface area contributed by atoms with Crippen LogP contribution in [0.15, 0.2) is 24.3 Å². The number of aromatic nitrogens is 5. The molecule has 0 radical (unpaired) electrons. The maximum atomic E-state index is 13.1. The third-order valence-electron chi connectivity index (χ3n) is 5.93. The summed E-state index contributed by atoms with van der Waals surface area (Å²) < 4.78 is 4.18. The number of carbonyl (C=O) groups is 1. The van der Waals surface area contributed by atoms with Crippen LogP contribution in [-0.4, -0.2) is 54.8 Å². The summed E-state index contributed by atoms with van der Waals surface area (Å²) in [5, 5.41) is 11.4. The first-order chi connectivity index (χ1) is 14.1. The Morgan fingerprint density at radius 1 is 1.24 bits per heavy atom. The topological polar surface area (TPSA) is 80.9 Å². The second-order valence-electron chi connectivity index (χ2n) is 7.60. The van der Waals surface area contributed by atoms with E-state index in [1.54, 1.807) is 0 Å². The van der Waals surface area contributed by atoms with Gasteiger partial charge in [0.2, 0.25) is 11.9 Å². The van der Waals surface area contributed by atoms with Gasteiger partial charge >= 0.3 is 0 Å². The van der Waals surface area contributed by atoms with E-state index in [1.807, 2.05) is 25.1 Å². The van der Waals surface area contributed by atoms with Crippen molar-refractivity contribution < 1.29 is 4.79 Å². The normalized spacial score (nSPS) is 16.3. The number of fused-ring (bicyclic) bond motifs is 2. The van der Waals surface area contributed by atoms with Crippen LogP contribution in [0.2, 0.25) is 0 Å². The summed E-state index contributed by atoms with van der Waals surface area (Å²) in [4.78, 5) is 20.1. The molecule has 0 saturated heterocycles. The minimum absolute atomic E-state index is 0.0168. The SMILES string of the molecule is CCN(CC)CCn1c(NC(=O)[C@@H]2CCc3nnc(C)n3C2)nc2ccccc21. The standard InChI is InChI=1S/C21H29N7O/c1-4-26(5-2)12-13-27-18-9-7-6-8-17(18)22-21(27)23-20(29)16-10-11-19-25-24-15(3)28(19)14-16/h6-9,16H,4-5,10-14H2,1-3H3,(H,22,23,29)/t16-/m1/s1. The van der Waals surface area contributed by atoms with Crippen LogP contribution >= 0.6 is 0 Å². The van der Waals surface area contributed by atoms with Gasteiger partial charge in [-0.3, -0.25) is 10.1 Å². The van der Waals surface area contributed by atoms with Gasteiger partial charge in [0.15, 0.2) is 0 Å². The first kappa shape index (κ1) is 19.6. The molecule has 1 N–H and O–H groups in total. The van der Waals surface area contributed by atoms with E-state index in [0.29, 0.717) is 12.5 Å². The number of nitrogens with zero attached hydrogens (tertiary/aromatic N) is 6. The molecule has 3 heterocycles. The lowest BCUT2D eigenvalue weighted by molar-refractivity contribution is -0.120. The van der Waals surface area contributed by atoms with E-state index in [-0.39, 0.29) is 11.8 Å². The predicted octanol–water partition coefficient (Wildman–Crippen LogP) is 2.48. The molecule has 0 bridgehead atoms. The summed E-state index contributed by atoms with van der Waals surface area (Å²) >= 11 is 0. The molecule has 0 unspecified atom stereocenters. The molecule has 0 spiro atoms. The van der Waals surface area contributed by atoms with E-state index < -0.39 is 0 Å². The quantitative estimate of drug-likeness (QED) is 0.665. The van der Waals surface area contributed by atoms with Gasteiger partial charge in [0.05, 0.1) is 17.0 Å². The molecule has 4 rings (SSSR count). The minimum atomic E-state index is -0.103. The van der Waals surface area contributed by atoms with E-state index in [0.717, 1.165) is 61.7 Å². The van der Waals surface area contributed by atoms with E-state index >= 15 is 0 Å². The number of aryl methyl sites for hydroxylation is 2. The summed E-state index contributed by atoms with van der Waals surface area (Å²) in [7, 11) is 0. The average Bonchev–Trinajstić information content (AvgIpc) is 3.28. The number of imidazole rings is 1. The highest BCUT2D eigenvalue weighted by Crippen LogP contribution is 2.24. The molecule has 154 valence electrons. The Morgan fingerprint density at radius 2 is 2.03 bits per heavy atom. The lowest BCUT2D eigenvalue weighted by Gasteiger charge is -2.23. The van der Waals surface area contributed by atoms with Gasteiger partial charge in [-0.05, 0) is 38.6 Å². The smallest absolute Gasteiger partial charge is 0.231 e. The van der Waals surface area contributed by atoms with Gasteiger partial charge in [-0.25, -0.2) is 4.98 Å². The minimum Gasteiger partial charge on any atom is -0.314 e. The average molecular weight is 396 g/mol. The number of para-hydroxylation sites is 2. The van der Waals surface area contributed by atoms with Crippen molar-refractivity contribution in [3.05, 3.63) is 35.9 Å². The molecule has 1 amide bonds. The van der Waals surface area contributed by atoms with Crippen LogP contribution in [0, 0.1) is 12.8 Å². The number of amides is 1. The summed E-state index contributed by atoms with van der Waals surface area (Å²) in [5.74, 6) is 2.38. The Balaban J connectivity index is 1.55. The molecule has 8 nitrogen and oxygen atoms in total. The van der Waals surface area contributed by atoms with Gasteiger partial charge in [0.25, 0.3) is 0 Å². The largest absolute Gasteiger partial charge is 0.314 e. The monoisotopic (exact) mass is 395 g/mol. The van der Waals surface area contributed by atoms with Crippen molar-refractivity contribution in [2.75, 3.05) is 25.0 Å². The van der Waals surface area contributed by atoms with Gasteiger partial charge in [-0.15, -0.1) is 10.2 Å². The van der Waals surface area contributed by atoms with Crippen LogP contribution in [0.1, 0.15) is 31.9 Å². The zero-order valence-corrected chi connectivity index (χ0v) is 17.4. The van der Waals surface area contributed by atoms with E-state index in [2.05, 4.69) is 49.5 Å². The Hall–Kier alpha value is -2.74. The van der Waals surface area contributed by atoms with Crippen LogP contribution in [0.5, 0.6) is 0 Å². The highest BCUT2D eigenvalue weighted by molar-refractivity contribution is 5.93. The highest BCUT2D eigenvalue weighted by atomic mass is 16.2. The Kier molecular flexibility index (Phi) is 5.62. The van der Waals surface area contributed by atoms with Gasteiger partial charge in [0, 0.05) is 26.1 Å². The Labute approximate surface area is 170 Å². The lowest BCUT2D eigenvalue weighted by Crippen LogP contribution is -2.33. The van der Waals surface area contributed by atoms with Crippen molar-refractivity contribution in [3.8, 4) is 0 Å². The number of hydrogen-bond acceptors (Lipinski definition) is 5. The molecule has 8 heteroatoms. The second-order valence-corrected chi connectivity index (χ2v) is 7.60. The zero-order valence-electron chi connectivity index (χ0n) is 17.4. The number of anilines is 1. The van der Waals surface area contributed by atoms with Crippen molar-refractivity contribution in [2.45, 2.75) is 46.7 Å². The summed E-state index contributed by atoms with van der Waals surface area (Å²) in [6.07, 6.45) is 1.56. The fraction of sp³-hybridized carbons (Fsp3) is 0.524. The molecule has 1 aromatic carbocycles. The Bertz CT molecular complexity index is 1000. The molecule has 1 aliphatic rings. The maximum absolute atomic E-state index is 13.1. The molecule has 2 aromatic heterocycles. The van der Waals surface area contributed by atoms with Crippen molar-refractivity contribution in [3.63, 3.8) is 0 Å². The van der Waals surface area contributed by atoms with Crippen LogP contribution in [0.4, 0.5) is 5.95 Å². The first-order valence-corrected chi connectivity index (χ1v) is 10.5. The van der Waals surface area contributed by atoms with Gasteiger partial charge in [-0.1, -0.05) is 26.0 Å². The molecule has 0 fully saturated rings. The van der Waals surface area contributed by atoms with Crippen LogP contribution in [0.3, 0.4) is 0 Å². The summed E-state index contributed by atoms with van der Waals surface area (Å²) in [6.45, 7) is 10.6. The van der Waals surface area contributed by atoms with Crippen LogP contribution in [-0.2, 0) is 24.3 Å². The van der Waals surface area contributed by atoms with Crippen molar-refractivity contribution in [1.29, 1.82) is 0 Å². The fourth-order valence-electron chi connectivity index (χ4n) is 4.07. The molecule has 0 aliphatic carbocycles. The van der Waals surface area contributed by atoms with Gasteiger partial charge in [-0.2, -0.15) is 0 Å². The molecule has 1 aliphatic heterocycles. The van der Waals surface area contributed by atoms with E-state index in [9.17, 15) is 4.79 Å². The maximum Gasteiger partial charge on any atom is 0.231 e. The number of benzene rings is 1. The van der Waals surface area contributed by atoms with E-state index in [1.165, 1.54) is 0 Å². The van der Waals surface area contributed by atoms with Crippen molar-refractivity contribution in [1.82, 2.24) is 29.2 Å².